The van der Waals surface area contributed by atoms with Crippen LogP contribution in [0.4, 0.5) is 4.79 Å². The number of halogens is 3. The van der Waals surface area contributed by atoms with Crippen LogP contribution in [-0.4, -0.2) is 70.8 Å². The summed E-state index contributed by atoms with van der Waals surface area (Å²) in [6, 6.07) is 14.1. The molecule has 2 heterocycles. The topological polar surface area (TPSA) is 216 Å². The number of carboxylic acid groups (broad SMARTS) is 1. The zero-order valence-electron chi connectivity index (χ0n) is 32.5. The summed E-state index contributed by atoms with van der Waals surface area (Å²) >= 11 is 19.4. The van der Waals surface area contributed by atoms with Crippen LogP contribution >= 0.6 is 54.2 Å². The van der Waals surface area contributed by atoms with Crippen LogP contribution in [0.15, 0.2) is 57.7 Å². The van der Waals surface area contributed by atoms with Crippen molar-refractivity contribution in [2.45, 2.75) is 91.6 Å². The third kappa shape index (κ3) is 19.2. The normalized spacial score (nSPS) is 11.3. The lowest BCUT2D eigenvalue weighted by atomic mass is 9.97. The molecule has 0 radical (unpaired) electrons. The highest BCUT2D eigenvalue weighted by molar-refractivity contribution is 8.13. The predicted molar refractivity (Wildman–Crippen MR) is 223 cm³/mol. The van der Waals surface area contributed by atoms with Gasteiger partial charge in [0.2, 0.25) is 5.89 Å². The van der Waals surface area contributed by atoms with E-state index in [1.54, 1.807) is 6.07 Å². The fourth-order valence-corrected chi connectivity index (χ4v) is 6.16. The highest BCUT2D eigenvalue weighted by Crippen LogP contribution is 2.34. The second-order valence-corrected chi connectivity index (χ2v) is 17.5. The number of aromatic nitrogens is 4. The maximum Gasteiger partial charge on any atom is 0.442 e. The fourth-order valence-electron chi connectivity index (χ4n) is 4.45. The first-order chi connectivity index (χ1) is 26.7. The third-order valence-corrected chi connectivity index (χ3v) is 9.29. The zero-order valence-corrected chi connectivity index (χ0v) is 36.5. The molecule has 0 saturated carbocycles. The molecule has 0 aliphatic heterocycles. The smallest absolute Gasteiger partial charge is 0.442 e. The average Bonchev–Trinajstić information content (AvgIpc) is 3.51. The predicted octanol–water partition coefficient (Wildman–Crippen LogP) is 9.40. The lowest BCUT2D eigenvalue weighted by molar-refractivity contribution is -0.135. The van der Waals surface area contributed by atoms with Gasteiger partial charge >= 0.3 is 24.6 Å². The Balaban J connectivity index is 0.000000321. The van der Waals surface area contributed by atoms with E-state index in [-0.39, 0.29) is 27.0 Å². The molecule has 0 saturated heterocycles. The van der Waals surface area contributed by atoms with Gasteiger partial charge in [-0.2, -0.15) is 4.68 Å². The molecule has 0 aliphatic carbocycles. The Bertz CT molecular complexity index is 1990. The molecular formula is C37H49Cl3N5O10PS. The second-order valence-electron chi connectivity index (χ2n) is 13.6. The lowest BCUT2D eigenvalue weighted by Crippen LogP contribution is -2.23. The van der Waals surface area contributed by atoms with Gasteiger partial charge in [0.1, 0.15) is 11.4 Å². The molecule has 0 bridgehead atoms. The van der Waals surface area contributed by atoms with Crippen LogP contribution in [0.2, 0.25) is 15.2 Å². The number of hydrogen-bond donors (Lipinski definition) is 4. The number of carboxylic acids is 1. The van der Waals surface area contributed by atoms with Crippen LogP contribution in [0.5, 0.6) is 11.5 Å². The maximum absolute atomic E-state index is 12.1. The van der Waals surface area contributed by atoms with Crippen LogP contribution in [0.25, 0.3) is 16.9 Å². The second kappa shape index (κ2) is 24.5. The molecule has 4 N–H and O–H groups in total. The van der Waals surface area contributed by atoms with Crippen molar-refractivity contribution in [2.24, 2.45) is 0 Å². The molecule has 0 spiro atoms. The summed E-state index contributed by atoms with van der Waals surface area (Å²) in [6.07, 6.45) is 6.53. The highest BCUT2D eigenvalue weighted by Gasteiger charge is 2.24. The number of ether oxygens (including phenoxy) is 2. The summed E-state index contributed by atoms with van der Waals surface area (Å²) in [5.74, 6) is 0.112. The number of carbonyl (C=O) groups excluding carboxylic acids is 1. The number of thioether (sulfide) groups is 1. The number of nitrogens with zero attached hydrogens (tertiary/aromatic N) is 4. The van der Waals surface area contributed by atoms with Crippen molar-refractivity contribution in [1.82, 2.24) is 25.3 Å². The van der Waals surface area contributed by atoms with E-state index in [1.165, 1.54) is 49.6 Å². The summed E-state index contributed by atoms with van der Waals surface area (Å²) < 4.78 is 27.4. The number of aliphatic carboxylic acids is 1. The maximum atomic E-state index is 12.1. The summed E-state index contributed by atoms with van der Waals surface area (Å²) in [7, 11) is -4.10. The molecule has 20 heteroatoms. The van der Waals surface area contributed by atoms with E-state index in [1.807, 2.05) is 65.0 Å². The molecule has 314 valence electrons. The van der Waals surface area contributed by atoms with Gasteiger partial charge in [-0.15, -0.1) is 15.3 Å². The molecule has 0 atom stereocenters. The zero-order chi connectivity index (χ0) is 42.8. The standard InChI is InChI=1S/C19H23ClN2O2S.C15H18Cl2N2O3.C3H8NO5P/c1-2-3-4-5-6-10-13-25-19(23)24-16-14-17(20)21-22-18(16)15-11-8-7-9-12-15;1-8(2)21-12-7-11(9(16)6-10(12)17)19-14(20)22-13(18-19)15(3,4)5;5-3(6)1-4-2-10(7,8)9/h7-9,11-12,14H,2-6,10,13H2,1H3;6-8H,1-5H3;4H,1-2H2,(H,5,6)(H2,7,8,9). The summed E-state index contributed by atoms with van der Waals surface area (Å²) in [4.78, 5) is 50.3. The minimum absolute atomic E-state index is 0.0642. The molecule has 0 aliphatic rings. The van der Waals surface area contributed by atoms with Gasteiger partial charge in [-0.3, -0.25) is 14.7 Å². The largest absolute Gasteiger partial charge is 0.489 e. The number of hydrogen-bond acceptors (Lipinski definition) is 12. The van der Waals surface area contributed by atoms with Crippen molar-refractivity contribution >= 4 is 65.4 Å². The SMILES string of the molecule is CC(C)Oc1cc(-n2nc(C(C)(C)C)oc2=O)c(Cl)cc1Cl.CCCCCCCCSC(=O)Oc1cc(Cl)nnc1-c1ccccc1.O=C(O)CNCP(=O)(O)O. The van der Waals surface area contributed by atoms with Crippen LogP contribution < -0.4 is 20.5 Å². The fraction of sp³-hybridized carbons (Fsp3) is 0.459. The van der Waals surface area contributed by atoms with Crippen LogP contribution in [0, 0.1) is 0 Å². The Kier molecular flexibility index (Phi) is 21.3. The van der Waals surface area contributed by atoms with Gasteiger partial charge in [0, 0.05) is 28.9 Å². The van der Waals surface area contributed by atoms with Gasteiger partial charge in [-0.05, 0) is 38.1 Å². The number of nitrogens with one attached hydrogen (secondary N) is 1. The van der Waals surface area contributed by atoms with Crippen LogP contribution in [-0.2, 0) is 14.8 Å². The van der Waals surface area contributed by atoms with E-state index in [0.717, 1.165) is 28.8 Å². The van der Waals surface area contributed by atoms with Gasteiger partial charge in [-0.25, -0.2) is 9.59 Å². The lowest BCUT2D eigenvalue weighted by Gasteiger charge is -2.13. The molecule has 0 fully saturated rings. The highest BCUT2D eigenvalue weighted by atomic mass is 35.5. The molecule has 0 unspecified atom stereocenters. The Hall–Kier alpha value is -3.47. The van der Waals surface area contributed by atoms with Crippen molar-refractivity contribution in [2.75, 3.05) is 18.6 Å². The minimum Gasteiger partial charge on any atom is -0.489 e. The molecule has 4 rings (SSSR count). The molecule has 2 aromatic heterocycles. The van der Waals surface area contributed by atoms with Gasteiger partial charge < -0.3 is 28.8 Å². The molecule has 15 nitrogen and oxygen atoms in total. The monoisotopic (exact) mass is 891 g/mol. The number of unbranched alkanes of at least 4 members (excludes halogenated alkanes) is 5. The van der Waals surface area contributed by atoms with Crippen LogP contribution in [0.3, 0.4) is 0 Å². The molecule has 2 aromatic carbocycles. The Morgan fingerprint density at radius 2 is 1.61 bits per heavy atom. The number of rotatable bonds is 16. The number of benzene rings is 2. The van der Waals surface area contributed by atoms with Crippen molar-refractivity contribution < 1.29 is 42.9 Å². The first-order valence-electron chi connectivity index (χ1n) is 17.9. The molecule has 0 amide bonds. The first kappa shape index (κ1) is 49.7. The average molecular weight is 893 g/mol. The Morgan fingerprint density at radius 1 is 0.965 bits per heavy atom. The van der Waals surface area contributed by atoms with E-state index in [2.05, 4.69) is 27.5 Å². The van der Waals surface area contributed by atoms with Crippen molar-refractivity contribution in [3.8, 4) is 28.4 Å². The Morgan fingerprint density at radius 3 is 2.19 bits per heavy atom. The summed E-state index contributed by atoms with van der Waals surface area (Å²) in [5.41, 5.74) is 1.32. The van der Waals surface area contributed by atoms with E-state index in [4.69, 9.17) is 63.6 Å². The van der Waals surface area contributed by atoms with Gasteiger partial charge in [0.05, 0.1) is 34.7 Å². The summed E-state index contributed by atoms with van der Waals surface area (Å²) in [5, 5.41) is 22.7. The third-order valence-electron chi connectivity index (χ3n) is 7.06. The van der Waals surface area contributed by atoms with E-state index >= 15 is 0 Å². The van der Waals surface area contributed by atoms with E-state index in [0.29, 0.717) is 33.8 Å². The minimum atomic E-state index is -4.10. The Labute approximate surface area is 351 Å². The first-order valence-corrected chi connectivity index (χ1v) is 21.8. The van der Waals surface area contributed by atoms with Gasteiger partial charge in [0.15, 0.2) is 10.9 Å². The van der Waals surface area contributed by atoms with Crippen LogP contribution in [0.1, 0.15) is 86.0 Å². The number of carbonyl (C=O) groups is 2. The molecule has 57 heavy (non-hydrogen) atoms. The van der Waals surface area contributed by atoms with Crippen molar-refractivity contribution in [3.63, 3.8) is 0 Å². The quantitative estimate of drug-likeness (QED) is 0.0468. The summed E-state index contributed by atoms with van der Waals surface area (Å²) in [6.45, 7) is 11.2. The molecule has 4 aromatic rings. The van der Waals surface area contributed by atoms with E-state index in [9.17, 15) is 18.9 Å². The van der Waals surface area contributed by atoms with Crippen molar-refractivity contribution in [1.29, 1.82) is 0 Å². The van der Waals surface area contributed by atoms with Gasteiger partial charge in [0.25, 0.3) is 0 Å². The molecular weight excluding hydrogens is 844 g/mol. The van der Waals surface area contributed by atoms with E-state index < -0.39 is 32.2 Å². The van der Waals surface area contributed by atoms with Crippen molar-refractivity contribution in [3.05, 3.63) is 80.2 Å². The van der Waals surface area contributed by atoms with Gasteiger partial charge in [-0.1, -0.05) is 125 Å².